The van der Waals surface area contributed by atoms with Crippen molar-refractivity contribution in [1.82, 2.24) is 4.90 Å². The summed E-state index contributed by atoms with van der Waals surface area (Å²) in [5.41, 5.74) is 0.989. The molecule has 2 aliphatic carbocycles. The van der Waals surface area contributed by atoms with Gasteiger partial charge in [0, 0.05) is 22.9 Å². The van der Waals surface area contributed by atoms with Gasteiger partial charge in [-0.1, -0.05) is 18.2 Å². The van der Waals surface area contributed by atoms with E-state index >= 15 is 0 Å². The fourth-order valence-electron chi connectivity index (χ4n) is 3.80. The Hall–Kier alpha value is -2.04. The highest BCUT2D eigenvalue weighted by atomic mass is 16.5. The van der Waals surface area contributed by atoms with E-state index in [0.29, 0.717) is 6.61 Å². The number of ether oxygens (including phenoxy) is 1. The molecule has 1 aromatic rings. The zero-order chi connectivity index (χ0) is 15.3. The van der Waals surface area contributed by atoms with E-state index < -0.39 is 5.97 Å². The summed E-state index contributed by atoms with van der Waals surface area (Å²) in [7, 11) is 0. The molecule has 1 aliphatic heterocycles. The van der Waals surface area contributed by atoms with Crippen molar-refractivity contribution in [2.24, 2.45) is 5.92 Å². The first-order valence-corrected chi connectivity index (χ1v) is 7.86. The number of hydrogen-bond acceptors (Lipinski definition) is 3. The van der Waals surface area contributed by atoms with Crippen molar-refractivity contribution in [1.29, 1.82) is 0 Å². The van der Waals surface area contributed by atoms with Crippen LogP contribution < -0.4 is 4.74 Å². The minimum atomic E-state index is -0.928. The van der Waals surface area contributed by atoms with Gasteiger partial charge in [-0.3, -0.25) is 9.59 Å². The third-order valence-electron chi connectivity index (χ3n) is 5.18. The molecule has 2 fully saturated rings. The van der Waals surface area contributed by atoms with Crippen molar-refractivity contribution in [3.8, 4) is 5.75 Å². The van der Waals surface area contributed by atoms with Gasteiger partial charge in [0.05, 0.1) is 6.61 Å². The second kappa shape index (κ2) is 4.73. The maximum absolute atomic E-state index is 12.8. The van der Waals surface area contributed by atoms with Crippen LogP contribution in [0.5, 0.6) is 5.75 Å². The number of amides is 1. The van der Waals surface area contributed by atoms with E-state index in [1.165, 1.54) is 0 Å². The number of fused-ring (bicyclic) bond motifs is 2. The summed E-state index contributed by atoms with van der Waals surface area (Å²) in [5, 5.41) is 9.06. The number of rotatable bonds is 4. The summed E-state index contributed by atoms with van der Waals surface area (Å²) in [5.74, 6) is -0.123. The van der Waals surface area contributed by atoms with E-state index in [4.69, 9.17) is 9.84 Å². The lowest BCUT2D eigenvalue weighted by atomic mass is 9.87. The zero-order valence-corrected chi connectivity index (χ0v) is 12.3. The van der Waals surface area contributed by atoms with Gasteiger partial charge in [0.15, 0.2) is 0 Å². The van der Waals surface area contributed by atoms with Crippen LogP contribution >= 0.6 is 0 Å². The first-order valence-electron chi connectivity index (χ1n) is 7.86. The van der Waals surface area contributed by atoms with Crippen molar-refractivity contribution in [3.05, 3.63) is 29.8 Å². The summed E-state index contributed by atoms with van der Waals surface area (Å²) in [6.07, 6.45) is 3.51. The molecule has 1 spiro atoms. The van der Waals surface area contributed by atoms with E-state index in [1.54, 1.807) is 4.90 Å². The zero-order valence-electron chi connectivity index (χ0n) is 12.3. The van der Waals surface area contributed by atoms with E-state index in [1.807, 2.05) is 24.3 Å². The van der Waals surface area contributed by atoms with Crippen LogP contribution in [0.1, 0.15) is 31.2 Å². The molecule has 0 saturated heterocycles. The largest absolute Gasteiger partial charge is 0.493 e. The van der Waals surface area contributed by atoms with Gasteiger partial charge in [0.25, 0.3) is 0 Å². The Morgan fingerprint density at radius 3 is 2.82 bits per heavy atom. The molecule has 2 saturated carbocycles. The highest BCUT2D eigenvalue weighted by Gasteiger charge is 2.62. The first-order chi connectivity index (χ1) is 10.6. The molecule has 0 unspecified atom stereocenters. The highest BCUT2D eigenvalue weighted by molar-refractivity contribution is 5.88. The van der Waals surface area contributed by atoms with E-state index in [2.05, 4.69) is 0 Å². The Balaban J connectivity index is 1.58. The number of carbonyl (C=O) groups is 2. The summed E-state index contributed by atoms with van der Waals surface area (Å²) >= 11 is 0. The Morgan fingerprint density at radius 1 is 1.32 bits per heavy atom. The van der Waals surface area contributed by atoms with Gasteiger partial charge in [0.2, 0.25) is 5.91 Å². The number of benzene rings is 1. The van der Waals surface area contributed by atoms with Gasteiger partial charge >= 0.3 is 5.97 Å². The van der Waals surface area contributed by atoms with Crippen LogP contribution in [0, 0.1) is 5.92 Å². The summed E-state index contributed by atoms with van der Waals surface area (Å²) < 4.78 is 5.69. The molecule has 1 aromatic carbocycles. The molecular formula is C17H19NO4. The fourth-order valence-corrected chi connectivity index (χ4v) is 3.80. The second-order valence-electron chi connectivity index (χ2n) is 6.60. The topological polar surface area (TPSA) is 66.8 Å². The van der Waals surface area contributed by atoms with Crippen molar-refractivity contribution < 1.29 is 19.4 Å². The molecule has 5 heteroatoms. The number of carboxylic acid groups (broad SMARTS) is 1. The normalized spacial score (nSPS) is 28.6. The maximum atomic E-state index is 12.8. The molecule has 3 aliphatic rings. The van der Waals surface area contributed by atoms with Crippen molar-refractivity contribution in [2.45, 2.75) is 37.1 Å². The molecule has 1 amide bonds. The van der Waals surface area contributed by atoms with Crippen molar-refractivity contribution in [2.75, 3.05) is 13.2 Å². The summed E-state index contributed by atoms with van der Waals surface area (Å²) in [4.78, 5) is 25.5. The Kier molecular flexibility index (Phi) is 2.93. The van der Waals surface area contributed by atoms with Gasteiger partial charge in [-0.2, -0.15) is 0 Å². The standard InChI is InChI=1S/C17H19NO4/c19-15(20)10-18(11-5-6-11)16(21)13-9-17(13)7-8-22-14-4-2-1-3-12(14)17/h1-4,11,13H,5-10H2,(H,19,20)/t13-,17-/m0/s1. The Morgan fingerprint density at radius 2 is 2.09 bits per heavy atom. The lowest BCUT2D eigenvalue weighted by Crippen LogP contribution is -2.40. The van der Waals surface area contributed by atoms with Crippen LogP contribution in [-0.2, 0) is 15.0 Å². The van der Waals surface area contributed by atoms with Gasteiger partial charge in [0.1, 0.15) is 12.3 Å². The maximum Gasteiger partial charge on any atom is 0.323 e. The van der Waals surface area contributed by atoms with Crippen LogP contribution in [0.3, 0.4) is 0 Å². The summed E-state index contributed by atoms with van der Waals surface area (Å²) in [6.45, 7) is 0.456. The number of para-hydroxylation sites is 1. The van der Waals surface area contributed by atoms with Crippen LogP contribution in [0.25, 0.3) is 0 Å². The predicted octanol–water partition coefficient (Wildman–Crippen LogP) is 1.80. The number of aliphatic carboxylic acids is 1. The number of nitrogens with zero attached hydrogens (tertiary/aromatic N) is 1. The predicted molar refractivity (Wildman–Crippen MR) is 78.7 cm³/mol. The highest BCUT2D eigenvalue weighted by Crippen LogP contribution is 2.61. The third-order valence-corrected chi connectivity index (χ3v) is 5.18. The lowest BCUT2D eigenvalue weighted by molar-refractivity contribution is -0.145. The van der Waals surface area contributed by atoms with Gasteiger partial charge in [-0.25, -0.2) is 0 Å². The molecule has 0 radical (unpaired) electrons. The molecule has 0 aromatic heterocycles. The van der Waals surface area contributed by atoms with E-state index in [9.17, 15) is 9.59 Å². The Bertz CT molecular complexity index is 639. The fraction of sp³-hybridized carbons (Fsp3) is 0.529. The van der Waals surface area contributed by atoms with Crippen molar-refractivity contribution in [3.63, 3.8) is 0 Å². The molecular weight excluding hydrogens is 282 g/mol. The van der Waals surface area contributed by atoms with Crippen LogP contribution in [0.4, 0.5) is 0 Å². The molecule has 1 heterocycles. The van der Waals surface area contributed by atoms with E-state index in [0.717, 1.165) is 37.0 Å². The number of carboxylic acids is 1. The Labute approximate surface area is 128 Å². The molecule has 1 N–H and O–H groups in total. The minimum absolute atomic E-state index is 0.0154. The smallest absolute Gasteiger partial charge is 0.323 e. The van der Waals surface area contributed by atoms with Crippen LogP contribution in [-0.4, -0.2) is 41.1 Å². The molecule has 4 rings (SSSR count). The molecule has 0 bridgehead atoms. The minimum Gasteiger partial charge on any atom is -0.493 e. The molecule has 2 atom stereocenters. The SMILES string of the molecule is O=C(O)CN(C(=O)[C@@H]1C[C@]12CCOc1ccccc12)C1CC1. The molecule has 116 valence electrons. The monoisotopic (exact) mass is 301 g/mol. The lowest BCUT2D eigenvalue weighted by Gasteiger charge is -2.28. The van der Waals surface area contributed by atoms with Crippen molar-refractivity contribution >= 4 is 11.9 Å². The molecule has 22 heavy (non-hydrogen) atoms. The van der Waals surface area contributed by atoms with Gasteiger partial charge in [-0.15, -0.1) is 0 Å². The van der Waals surface area contributed by atoms with Gasteiger partial charge < -0.3 is 14.7 Å². The van der Waals surface area contributed by atoms with Gasteiger partial charge in [-0.05, 0) is 31.7 Å². The average molecular weight is 301 g/mol. The third kappa shape index (κ3) is 2.07. The van der Waals surface area contributed by atoms with Crippen LogP contribution in [0.15, 0.2) is 24.3 Å². The average Bonchev–Trinajstić information content (AvgIpc) is 3.40. The first kappa shape index (κ1) is 13.6. The second-order valence-corrected chi connectivity index (χ2v) is 6.60. The number of hydrogen-bond donors (Lipinski definition) is 1. The quantitative estimate of drug-likeness (QED) is 0.921. The van der Waals surface area contributed by atoms with E-state index in [-0.39, 0.29) is 29.8 Å². The van der Waals surface area contributed by atoms with Crippen LogP contribution in [0.2, 0.25) is 0 Å². The molecule has 5 nitrogen and oxygen atoms in total. The summed E-state index contributed by atoms with van der Waals surface area (Å²) in [6, 6.07) is 8.05. The number of carbonyl (C=O) groups excluding carboxylic acids is 1.